The fourth-order valence-corrected chi connectivity index (χ4v) is 2.63. The van der Waals surface area contributed by atoms with E-state index in [1.807, 2.05) is 30.3 Å². The Morgan fingerprint density at radius 2 is 1.68 bits per heavy atom. The number of carbonyl (C=O) groups excluding carboxylic acids is 2. The van der Waals surface area contributed by atoms with Gasteiger partial charge in [-0.2, -0.15) is 0 Å². The lowest BCUT2D eigenvalue weighted by molar-refractivity contribution is -0.307. The van der Waals surface area contributed by atoms with Crippen LogP contribution >= 0.6 is 0 Å². The van der Waals surface area contributed by atoms with Gasteiger partial charge in [0.15, 0.2) is 5.78 Å². The second-order valence-electron chi connectivity index (χ2n) is 5.15. The fourth-order valence-electron chi connectivity index (χ4n) is 2.63. The molecule has 0 saturated carbocycles. The van der Waals surface area contributed by atoms with Crippen LogP contribution in [0.3, 0.4) is 0 Å². The predicted molar refractivity (Wildman–Crippen MR) is 81.4 cm³/mol. The number of carbonyl (C=O) groups is 2. The number of para-hydroxylation sites is 1. The van der Waals surface area contributed by atoms with E-state index < -0.39 is 11.9 Å². The zero-order valence-electron chi connectivity index (χ0n) is 11.8. The monoisotopic (exact) mass is 292 g/mol. The zero-order chi connectivity index (χ0) is 15.5. The van der Waals surface area contributed by atoms with Crippen LogP contribution in [0.25, 0.3) is 10.9 Å². The molecule has 0 amide bonds. The molecule has 4 heteroatoms. The number of rotatable bonds is 5. The molecule has 0 aliphatic heterocycles. The Labute approximate surface area is 127 Å². The highest BCUT2D eigenvalue weighted by molar-refractivity contribution is 6.00. The summed E-state index contributed by atoms with van der Waals surface area (Å²) in [5, 5.41) is 12.3. The summed E-state index contributed by atoms with van der Waals surface area (Å²) in [7, 11) is 0. The molecule has 3 aromatic rings. The number of carboxylic acid groups (broad SMARTS) is 1. The van der Waals surface area contributed by atoms with Crippen molar-refractivity contribution in [2.24, 2.45) is 0 Å². The van der Waals surface area contributed by atoms with Crippen molar-refractivity contribution in [1.29, 1.82) is 0 Å². The predicted octanol–water partition coefficient (Wildman–Crippen LogP) is 2.27. The Bertz CT molecular complexity index is 820. The average molecular weight is 292 g/mol. The summed E-state index contributed by atoms with van der Waals surface area (Å²) in [6.45, 7) is 0. The lowest BCUT2D eigenvalue weighted by atomic mass is 9.91. The molecule has 4 nitrogen and oxygen atoms in total. The van der Waals surface area contributed by atoms with Crippen LogP contribution in [0.15, 0.2) is 60.8 Å². The number of Topliss-reactive ketones (excluding diaryl/α,β-unsaturated/α-hetero) is 1. The van der Waals surface area contributed by atoms with Gasteiger partial charge in [0.05, 0.1) is 0 Å². The zero-order valence-corrected chi connectivity index (χ0v) is 11.8. The minimum atomic E-state index is -1.24. The van der Waals surface area contributed by atoms with Gasteiger partial charge in [-0.1, -0.05) is 48.5 Å². The van der Waals surface area contributed by atoms with E-state index in [4.69, 9.17) is 0 Å². The first-order valence-electron chi connectivity index (χ1n) is 7.02. The van der Waals surface area contributed by atoms with Crippen LogP contribution < -0.4 is 5.11 Å². The molecule has 0 unspecified atom stereocenters. The quantitative estimate of drug-likeness (QED) is 0.733. The van der Waals surface area contributed by atoms with Crippen molar-refractivity contribution >= 4 is 22.7 Å². The Balaban J connectivity index is 1.94. The number of nitrogens with one attached hydrogen (secondary N) is 1. The summed E-state index contributed by atoms with van der Waals surface area (Å²) in [5.74, 6) is -2.42. The van der Waals surface area contributed by atoms with E-state index in [0.717, 1.165) is 10.9 Å². The third-order valence-electron chi connectivity index (χ3n) is 3.77. The Morgan fingerprint density at radius 3 is 2.41 bits per heavy atom. The van der Waals surface area contributed by atoms with Crippen molar-refractivity contribution in [2.75, 3.05) is 0 Å². The summed E-state index contributed by atoms with van der Waals surface area (Å²) in [6, 6.07) is 16.1. The minimum Gasteiger partial charge on any atom is -0.549 e. The first kappa shape index (κ1) is 14.1. The molecule has 1 N–H and O–H groups in total. The van der Waals surface area contributed by atoms with Crippen LogP contribution in [0.1, 0.15) is 28.3 Å². The van der Waals surface area contributed by atoms with Crippen LogP contribution in [-0.2, 0) is 4.79 Å². The second kappa shape index (κ2) is 5.85. The van der Waals surface area contributed by atoms with Crippen LogP contribution in [0.2, 0.25) is 0 Å². The molecule has 3 rings (SSSR count). The lowest BCUT2D eigenvalue weighted by Gasteiger charge is -2.17. The van der Waals surface area contributed by atoms with Crippen LogP contribution in [0, 0.1) is 0 Å². The van der Waals surface area contributed by atoms with Crippen molar-refractivity contribution in [3.05, 3.63) is 71.9 Å². The molecule has 0 spiro atoms. The molecule has 1 heterocycles. The number of hydrogen-bond acceptors (Lipinski definition) is 3. The van der Waals surface area contributed by atoms with Crippen LogP contribution in [0.4, 0.5) is 0 Å². The molecular weight excluding hydrogens is 278 g/mol. The molecule has 22 heavy (non-hydrogen) atoms. The number of hydrogen-bond donors (Lipinski definition) is 1. The molecule has 1 atom stereocenters. The molecular formula is C18H14NO3-. The van der Waals surface area contributed by atoms with Crippen molar-refractivity contribution in [3.8, 4) is 0 Å². The Hall–Kier alpha value is -2.88. The van der Waals surface area contributed by atoms with Gasteiger partial charge in [0, 0.05) is 41.0 Å². The van der Waals surface area contributed by atoms with Crippen LogP contribution in [0.5, 0.6) is 0 Å². The number of carboxylic acids is 1. The van der Waals surface area contributed by atoms with Crippen LogP contribution in [-0.4, -0.2) is 16.7 Å². The minimum absolute atomic E-state index is 0.117. The van der Waals surface area contributed by atoms with Crippen molar-refractivity contribution in [3.63, 3.8) is 0 Å². The number of fused-ring (bicyclic) bond motifs is 1. The number of benzene rings is 2. The van der Waals surface area contributed by atoms with Gasteiger partial charge in [-0.25, -0.2) is 0 Å². The summed E-state index contributed by atoms with van der Waals surface area (Å²) in [4.78, 5) is 26.9. The first-order valence-corrected chi connectivity index (χ1v) is 7.02. The van der Waals surface area contributed by atoms with Gasteiger partial charge in [0.1, 0.15) is 0 Å². The molecule has 0 aliphatic rings. The van der Waals surface area contributed by atoms with E-state index in [2.05, 4.69) is 4.98 Å². The van der Waals surface area contributed by atoms with E-state index in [9.17, 15) is 14.7 Å². The number of aromatic nitrogens is 1. The summed E-state index contributed by atoms with van der Waals surface area (Å²) < 4.78 is 0. The summed E-state index contributed by atoms with van der Waals surface area (Å²) in [5.41, 5.74) is 1.93. The number of H-pyrrole nitrogens is 1. The van der Waals surface area contributed by atoms with Gasteiger partial charge in [-0.05, 0) is 11.6 Å². The smallest absolute Gasteiger partial charge is 0.163 e. The number of aromatic amines is 1. The third kappa shape index (κ3) is 2.63. The molecule has 110 valence electrons. The van der Waals surface area contributed by atoms with Gasteiger partial charge in [0.25, 0.3) is 0 Å². The topological polar surface area (TPSA) is 73.0 Å². The maximum Gasteiger partial charge on any atom is 0.163 e. The number of aliphatic carboxylic acids is 1. The van der Waals surface area contributed by atoms with Gasteiger partial charge in [-0.3, -0.25) is 4.79 Å². The third-order valence-corrected chi connectivity index (χ3v) is 3.77. The van der Waals surface area contributed by atoms with E-state index in [0.29, 0.717) is 11.1 Å². The fraction of sp³-hybridized carbons (Fsp3) is 0.111. The molecule has 0 aliphatic carbocycles. The van der Waals surface area contributed by atoms with Crippen molar-refractivity contribution < 1.29 is 14.7 Å². The highest BCUT2D eigenvalue weighted by atomic mass is 16.4. The van der Waals surface area contributed by atoms with Gasteiger partial charge in [0.2, 0.25) is 0 Å². The molecule has 0 bridgehead atoms. The Kier molecular flexibility index (Phi) is 3.74. The summed E-state index contributed by atoms with van der Waals surface area (Å²) in [6.07, 6.45) is 1.53. The van der Waals surface area contributed by atoms with Crippen molar-refractivity contribution in [2.45, 2.75) is 12.3 Å². The summed E-state index contributed by atoms with van der Waals surface area (Å²) >= 11 is 0. The highest BCUT2D eigenvalue weighted by Gasteiger charge is 2.21. The molecule has 0 fully saturated rings. The van der Waals surface area contributed by atoms with E-state index in [-0.39, 0.29) is 12.2 Å². The standard InChI is InChI=1S/C18H15NO3/c20-17(12-6-2-1-3-7-12)10-14(18(21)22)15-11-19-16-9-5-4-8-13(15)16/h1-9,11,14,19H,10H2,(H,21,22)/p-1/t14-/m1/s1. The normalized spacial score (nSPS) is 12.2. The first-order chi connectivity index (χ1) is 10.7. The highest BCUT2D eigenvalue weighted by Crippen LogP contribution is 2.28. The molecule has 0 saturated heterocycles. The number of ketones is 1. The van der Waals surface area contributed by atoms with E-state index >= 15 is 0 Å². The molecule has 0 radical (unpaired) electrons. The molecule has 1 aromatic heterocycles. The van der Waals surface area contributed by atoms with Gasteiger partial charge >= 0.3 is 0 Å². The maximum absolute atomic E-state index is 12.3. The Morgan fingerprint density at radius 1 is 1.00 bits per heavy atom. The second-order valence-corrected chi connectivity index (χ2v) is 5.15. The van der Waals surface area contributed by atoms with Gasteiger partial charge in [-0.15, -0.1) is 0 Å². The SMILES string of the molecule is O=C(C[C@@H](C(=O)[O-])c1c[nH]c2ccccc12)c1ccccc1. The van der Waals surface area contributed by atoms with Gasteiger partial charge < -0.3 is 14.9 Å². The van der Waals surface area contributed by atoms with Crippen molar-refractivity contribution in [1.82, 2.24) is 4.98 Å². The molecule has 2 aromatic carbocycles. The lowest BCUT2D eigenvalue weighted by Crippen LogP contribution is -2.31. The average Bonchev–Trinajstić information content (AvgIpc) is 2.96. The maximum atomic E-state index is 12.3. The largest absolute Gasteiger partial charge is 0.549 e. The van der Waals surface area contributed by atoms with E-state index in [1.165, 1.54) is 0 Å². The van der Waals surface area contributed by atoms with E-state index in [1.54, 1.807) is 30.5 Å².